The van der Waals surface area contributed by atoms with Gasteiger partial charge in [-0.15, -0.1) is 0 Å². The Bertz CT molecular complexity index is 880. The van der Waals surface area contributed by atoms with Gasteiger partial charge in [0.1, 0.15) is 0 Å². The summed E-state index contributed by atoms with van der Waals surface area (Å²) < 4.78 is 21.9. The van der Waals surface area contributed by atoms with Crippen molar-refractivity contribution in [2.45, 2.75) is 25.4 Å². The fraction of sp³-hybridized carbons (Fsp3) is 0.429. The summed E-state index contributed by atoms with van der Waals surface area (Å²) in [5, 5.41) is 10.7. The molecule has 0 saturated heterocycles. The summed E-state index contributed by atoms with van der Waals surface area (Å²) in [5.74, 6) is 2.75. The van der Waals surface area contributed by atoms with Crippen molar-refractivity contribution in [1.29, 1.82) is 0 Å². The molecule has 0 unspecified atom stereocenters. The number of fused-ring (bicyclic) bond motifs is 4. The third-order valence-corrected chi connectivity index (χ3v) is 5.75. The van der Waals surface area contributed by atoms with E-state index in [-0.39, 0.29) is 11.8 Å². The molecule has 6 heteroatoms. The van der Waals surface area contributed by atoms with Crippen LogP contribution in [0.3, 0.4) is 0 Å². The Morgan fingerprint density at radius 3 is 2.33 bits per heavy atom. The van der Waals surface area contributed by atoms with E-state index in [9.17, 15) is 5.11 Å². The molecule has 0 saturated carbocycles. The normalized spacial score (nSPS) is 18.1. The summed E-state index contributed by atoms with van der Waals surface area (Å²) in [7, 11) is 6.49. The second-order valence-electron chi connectivity index (χ2n) is 6.91. The van der Waals surface area contributed by atoms with Crippen LogP contribution in [-0.4, -0.2) is 45.0 Å². The van der Waals surface area contributed by atoms with Crippen LogP contribution in [-0.2, 0) is 19.4 Å². The van der Waals surface area contributed by atoms with E-state index in [2.05, 4.69) is 11.0 Å². The number of rotatable bonds is 4. The molecule has 27 heavy (non-hydrogen) atoms. The third-order valence-electron chi connectivity index (χ3n) is 5.75. The number of ether oxygens (including phenoxy) is 4. The first-order valence-electron chi connectivity index (χ1n) is 9.06. The van der Waals surface area contributed by atoms with Crippen LogP contribution >= 0.6 is 0 Å². The minimum absolute atomic E-state index is 0.185. The van der Waals surface area contributed by atoms with E-state index < -0.39 is 0 Å². The molecule has 0 aliphatic carbocycles. The molecule has 0 radical (unpaired) electrons. The zero-order valence-corrected chi connectivity index (χ0v) is 16.2. The zero-order valence-electron chi connectivity index (χ0n) is 16.2. The van der Waals surface area contributed by atoms with Crippen molar-refractivity contribution in [3.05, 3.63) is 40.5 Å². The van der Waals surface area contributed by atoms with Gasteiger partial charge < -0.3 is 24.1 Å². The fourth-order valence-electron chi connectivity index (χ4n) is 4.44. The molecule has 1 atom stereocenters. The van der Waals surface area contributed by atoms with E-state index in [0.29, 0.717) is 11.5 Å². The van der Waals surface area contributed by atoms with Crippen molar-refractivity contribution in [2.24, 2.45) is 0 Å². The molecule has 2 aliphatic rings. The number of hydrogen-bond donors (Lipinski definition) is 1. The molecule has 2 aromatic carbocycles. The largest absolute Gasteiger partial charge is 0.504 e. The van der Waals surface area contributed by atoms with Gasteiger partial charge in [0.25, 0.3) is 0 Å². The maximum Gasteiger partial charge on any atom is 0.203 e. The number of aromatic hydroxyl groups is 1. The van der Waals surface area contributed by atoms with Gasteiger partial charge in [0.05, 0.1) is 28.4 Å². The minimum Gasteiger partial charge on any atom is -0.504 e. The lowest BCUT2D eigenvalue weighted by Crippen LogP contribution is -2.39. The SMILES string of the molecule is COc1cc2c(c(O)c1OC)CCN1Cc3c(ccc(OC)c3OC)C[C@@H]21. The molecular formula is C21H25NO5. The molecule has 1 N–H and O–H groups in total. The van der Waals surface area contributed by atoms with E-state index in [0.717, 1.165) is 48.6 Å². The highest BCUT2D eigenvalue weighted by Gasteiger charge is 2.36. The monoisotopic (exact) mass is 371 g/mol. The van der Waals surface area contributed by atoms with Crippen LogP contribution in [0.4, 0.5) is 0 Å². The highest BCUT2D eigenvalue weighted by Crippen LogP contribution is 2.49. The van der Waals surface area contributed by atoms with Crippen molar-refractivity contribution in [3.63, 3.8) is 0 Å². The lowest BCUT2D eigenvalue weighted by atomic mass is 9.83. The predicted octanol–water partition coefficient (Wildman–Crippen LogP) is 3.08. The number of hydrogen-bond acceptors (Lipinski definition) is 6. The van der Waals surface area contributed by atoms with Gasteiger partial charge in [-0.1, -0.05) is 6.07 Å². The predicted molar refractivity (Wildman–Crippen MR) is 101 cm³/mol. The average Bonchev–Trinajstić information content (AvgIpc) is 2.70. The lowest BCUT2D eigenvalue weighted by Gasteiger charge is -2.42. The highest BCUT2D eigenvalue weighted by atomic mass is 16.5. The van der Waals surface area contributed by atoms with Crippen LogP contribution in [0.25, 0.3) is 0 Å². The Labute approximate surface area is 159 Å². The summed E-state index contributed by atoms with van der Waals surface area (Å²) in [4.78, 5) is 2.43. The molecule has 4 rings (SSSR count). The van der Waals surface area contributed by atoms with Crippen LogP contribution in [0.2, 0.25) is 0 Å². The summed E-state index contributed by atoms with van der Waals surface area (Å²) in [6.07, 6.45) is 1.61. The van der Waals surface area contributed by atoms with Gasteiger partial charge in [0, 0.05) is 30.3 Å². The summed E-state index contributed by atoms with van der Waals surface area (Å²) >= 11 is 0. The number of phenolic OH excluding ortho intramolecular Hbond substituents is 1. The molecular weight excluding hydrogens is 346 g/mol. The Morgan fingerprint density at radius 2 is 1.67 bits per heavy atom. The second kappa shape index (κ2) is 6.85. The molecule has 144 valence electrons. The van der Waals surface area contributed by atoms with Crippen LogP contribution < -0.4 is 18.9 Å². The molecule has 2 heterocycles. The van der Waals surface area contributed by atoms with Crippen LogP contribution in [0, 0.1) is 0 Å². The van der Waals surface area contributed by atoms with Gasteiger partial charge >= 0.3 is 0 Å². The van der Waals surface area contributed by atoms with Crippen LogP contribution in [0.1, 0.15) is 28.3 Å². The minimum atomic E-state index is 0.185. The third kappa shape index (κ3) is 2.67. The average molecular weight is 371 g/mol. The van der Waals surface area contributed by atoms with Crippen LogP contribution in [0.5, 0.6) is 28.7 Å². The second-order valence-corrected chi connectivity index (χ2v) is 6.91. The number of phenols is 1. The Morgan fingerprint density at radius 1 is 0.926 bits per heavy atom. The summed E-state index contributed by atoms with van der Waals surface area (Å²) in [6.45, 7) is 1.65. The first kappa shape index (κ1) is 17.8. The number of nitrogens with zero attached hydrogens (tertiary/aromatic N) is 1. The number of methoxy groups -OCH3 is 4. The van der Waals surface area contributed by atoms with Gasteiger partial charge in [-0.3, -0.25) is 4.90 Å². The van der Waals surface area contributed by atoms with E-state index in [4.69, 9.17) is 18.9 Å². The molecule has 0 amide bonds. The molecule has 0 bridgehead atoms. The van der Waals surface area contributed by atoms with Crippen LogP contribution in [0.15, 0.2) is 18.2 Å². The summed E-state index contributed by atoms with van der Waals surface area (Å²) in [6, 6.07) is 6.27. The molecule has 2 aliphatic heterocycles. The quantitative estimate of drug-likeness (QED) is 0.891. The summed E-state index contributed by atoms with van der Waals surface area (Å²) in [5.41, 5.74) is 4.49. The van der Waals surface area contributed by atoms with Crippen molar-refractivity contribution < 1.29 is 24.1 Å². The maximum absolute atomic E-state index is 10.7. The Hall–Kier alpha value is -2.60. The van der Waals surface area contributed by atoms with Gasteiger partial charge in [0.2, 0.25) is 5.75 Å². The Kier molecular flexibility index (Phi) is 4.52. The van der Waals surface area contributed by atoms with E-state index in [1.807, 2.05) is 12.1 Å². The van der Waals surface area contributed by atoms with Crippen molar-refractivity contribution in [1.82, 2.24) is 4.90 Å². The van der Waals surface area contributed by atoms with Gasteiger partial charge in [-0.05, 0) is 36.1 Å². The smallest absolute Gasteiger partial charge is 0.203 e. The van der Waals surface area contributed by atoms with E-state index in [1.165, 1.54) is 11.1 Å². The first-order valence-corrected chi connectivity index (χ1v) is 9.06. The van der Waals surface area contributed by atoms with Crippen molar-refractivity contribution in [3.8, 4) is 28.7 Å². The molecule has 6 nitrogen and oxygen atoms in total. The maximum atomic E-state index is 10.7. The van der Waals surface area contributed by atoms with E-state index >= 15 is 0 Å². The first-order chi connectivity index (χ1) is 13.1. The zero-order chi connectivity index (χ0) is 19.1. The van der Waals surface area contributed by atoms with E-state index in [1.54, 1.807) is 28.4 Å². The molecule has 0 spiro atoms. The lowest BCUT2D eigenvalue weighted by molar-refractivity contribution is 0.155. The molecule has 2 aromatic rings. The standard InChI is InChI=1S/C21H25NO5/c1-24-17-6-5-12-9-16-14-10-18(25-2)21(27-4)19(23)13(14)7-8-22(16)11-15(12)20(17)26-3/h5-6,10,16,23H,7-9,11H2,1-4H3/t16-/m0/s1. The molecule has 0 aromatic heterocycles. The fourth-order valence-corrected chi connectivity index (χ4v) is 4.44. The van der Waals surface area contributed by atoms with Crippen molar-refractivity contribution in [2.75, 3.05) is 35.0 Å². The van der Waals surface area contributed by atoms with Gasteiger partial charge in [0.15, 0.2) is 23.0 Å². The highest BCUT2D eigenvalue weighted by molar-refractivity contribution is 5.61. The van der Waals surface area contributed by atoms with Gasteiger partial charge in [-0.25, -0.2) is 0 Å². The molecule has 0 fully saturated rings. The van der Waals surface area contributed by atoms with Gasteiger partial charge in [-0.2, -0.15) is 0 Å². The topological polar surface area (TPSA) is 60.4 Å². The van der Waals surface area contributed by atoms with Crippen molar-refractivity contribution >= 4 is 0 Å². The number of benzene rings is 2. The Balaban J connectivity index is 1.80.